The molecule has 6 rings (SSSR count). The fourth-order valence-corrected chi connectivity index (χ4v) is 9.62. The van der Waals surface area contributed by atoms with Gasteiger partial charge in [0.15, 0.2) is 0 Å². The molecule has 3 aliphatic heterocycles. The zero-order valence-corrected chi connectivity index (χ0v) is 20.6. The van der Waals surface area contributed by atoms with Gasteiger partial charge in [-0.3, -0.25) is 0 Å². The number of hydrogen-bond donors (Lipinski definition) is 2. The van der Waals surface area contributed by atoms with E-state index >= 15 is 0 Å². The molecule has 32 heavy (non-hydrogen) atoms. The summed E-state index contributed by atoms with van der Waals surface area (Å²) in [7, 11) is 0. The van der Waals surface area contributed by atoms with Gasteiger partial charge in [-0.25, -0.2) is 0 Å². The molecule has 0 radical (unpaired) electrons. The van der Waals surface area contributed by atoms with E-state index in [4.69, 9.17) is 0 Å². The van der Waals surface area contributed by atoms with Crippen LogP contribution in [0.4, 0.5) is 0 Å². The van der Waals surface area contributed by atoms with Crippen LogP contribution >= 0.6 is 47.0 Å². The van der Waals surface area contributed by atoms with Crippen LogP contribution in [0.3, 0.4) is 0 Å². The third-order valence-electron chi connectivity index (χ3n) is 5.59. The van der Waals surface area contributed by atoms with Crippen LogP contribution in [-0.2, 0) is 0 Å². The summed E-state index contributed by atoms with van der Waals surface area (Å²) < 4.78 is 1.81. The van der Waals surface area contributed by atoms with Gasteiger partial charge in [0.2, 0.25) is 0 Å². The normalized spacial score (nSPS) is 19.0. The van der Waals surface area contributed by atoms with Crippen LogP contribution in [0.1, 0.15) is 21.3 Å². The Labute approximate surface area is 206 Å². The lowest BCUT2D eigenvalue weighted by Gasteiger charge is -2.18. The molecule has 3 aromatic carbocycles. The monoisotopic (exact) mass is 490 g/mol. The van der Waals surface area contributed by atoms with Gasteiger partial charge in [0.05, 0.1) is 8.82 Å². The molecule has 0 aliphatic carbocycles. The molecule has 0 spiro atoms. The first-order chi connectivity index (χ1) is 15.8. The molecule has 2 N–H and O–H groups in total. The molecular weight excluding hydrogens is 469 g/mol. The Morgan fingerprint density at radius 3 is 1.88 bits per heavy atom. The van der Waals surface area contributed by atoms with Crippen molar-refractivity contribution < 1.29 is 0 Å². The molecule has 2 nitrogen and oxygen atoms in total. The molecule has 0 atom stereocenters. The van der Waals surface area contributed by atoms with E-state index < -0.39 is 0 Å². The first-order valence-electron chi connectivity index (χ1n) is 10.7. The van der Waals surface area contributed by atoms with Gasteiger partial charge in [-0.15, -0.1) is 23.5 Å². The molecule has 160 valence electrons. The minimum Gasteiger partial charge on any atom is -0.301 e. The van der Waals surface area contributed by atoms with E-state index in [1.165, 1.54) is 46.1 Å². The minimum absolute atomic E-state index is 0.367. The summed E-state index contributed by atoms with van der Waals surface area (Å²) in [6.07, 6.45) is 0. The maximum absolute atomic E-state index is 3.43. The summed E-state index contributed by atoms with van der Waals surface area (Å²) in [6.45, 7) is 2.88. The van der Waals surface area contributed by atoms with Crippen LogP contribution in [0.25, 0.3) is 9.81 Å². The van der Waals surface area contributed by atoms with Gasteiger partial charge < -0.3 is 10.6 Å². The Bertz CT molecular complexity index is 1150. The molecule has 3 heterocycles. The number of nitrogens with one attached hydrogen (secondary N) is 2. The molecule has 3 aromatic rings. The second-order valence-electron chi connectivity index (χ2n) is 7.79. The molecule has 1 fully saturated rings. The molecular formula is C26H22N2S4. The molecule has 3 aliphatic rings. The first kappa shape index (κ1) is 21.0. The second-order valence-corrected chi connectivity index (χ2v) is 12.7. The van der Waals surface area contributed by atoms with Crippen LogP contribution in [0.15, 0.2) is 98.5 Å². The van der Waals surface area contributed by atoms with Crippen LogP contribution < -0.4 is 10.6 Å². The van der Waals surface area contributed by atoms with Crippen LogP contribution in [-0.4, -0.2) is 19.8 Å². The van der Waals surface area contributed by atoms with E-state index in [1.807, 2.05) is 47.0 Å². The summed E-state index contributed by atoms with van der Waals surface area (Å²) in [5, 5.41) is 6.86. The highest BCUT2D eigenvalue weighted by Crippen LogP contribution is 2.62. The van der Waals surface area contributed by atoms with E-state index in [2.05, 4.69) is 89.5 Å². The summed E-state index contributed by atoms with van der Waals surface area (Å²) >= 11 is 7.85. The van der Waals surface area contributed by atoms with Crippen molar-refractivity contribution in [3.8, 4) is 0 Å². The maximum atomic E-state index is 3.43. The van der Waals surface area contributed by atoms with E-state index in [-0.39, 0.29) is 0 Å². The Morgan fingerprint density at radius 2 is 1.25 bits per heavy atom. The van der Waals surface area contributed by atoms with Crippen molar-refractivity contribution >= 4 is 56.9 Å². The zero-order valence-electron chi connectivity index (χ0n) is 17.3. The average molecular weight is 491 g/mol. The van der Waals surface area contributed by atoms with E-state index in [0.717, 1.165) is 19.8 Å². The van der Waals surface area contributed by atoms with Crippen molar-refractivity contribution in [3.05, 3.63) is 105 Å². The first-order valence-corrected chi connectivity index (χ1v) is 14.1. The fraction of sp³-hybridized carbons (Fsp3) is 0.154. The van der Waals surface area contributed by atoms with Gasteiger partial charge in [-0.05, 0) is 34.4 Å². The summed E-state index contributed by atoms with van der Waals surface area (Å²) in [4.78, 5) is 5.56. The van der Waals surface area contributed by atoms with Gasteiger partial charge in [-0.2, -0.15) is 0 Å². The van der Waals surface area contributed by atoms with Crippen molar-refractivity contribution in [1.29, 1.82) is 0 Å². The summed E-state index contributed by atoms with van der Waals surface area (Å²) in [5.74, 6) is 0. The predicted molar refractivity (Wildman–Crippen MR) is 144 cm³/mol. The molecule has 6 heteroatoms. The lowest BCUT2D eigenvalue weighted by molar-refractivity contribution is 0.571. The maximum Gasteiger partial charge on any atom is 0.0847 e. The van der Waals surface area contributed by atoms with Gasteiger partial charge in [0.25, 0.3) is 0 Å². The van der Waals surface area contributed by atoms with Crippen molar-refractivity contribution in [2.45, 2.75) is 14.4 Å². The summed E-state index contributed by atoms with van der Waals surface area (Å²) in [5.41, 5.74) is 5.49. The third kappa shape index (κ3) is 4.20. The quantitative estimate of drug-likeness (QED) is 0.401. The third-order valence-corrected chi connectivity index (χ3v) is 11.3. The van der Waals surface area contributed by atoms with Crippen molar-refractivity contribution in [2.24, 2.45) is 0 Å². The number of fused-ring (bicyclic) bond motifs is 1. The number of hydrogen-bond acceptors (Lipinski definition) is 6. The molecule has 0 aromatic heterocycles. The largest absolute Gasteiger partial charge is 0.301 e. The van der Waals surface area contributed by atoms with Gasteiger partial charge in [-0.1, -0.05) is 90.3 Å². The van der Waals surface area contributed by atoms with Crippen LogP contribution in [0, 0.1) is 0 Å². The van der Waals surface area contributed by atoms with E-state index in [9.17, 15) is 0 Å². The number of benzene rings is 3. The standard InChI is InChI=1S/C26H22N2S4/c1-3-7-17(8-4-1)23-24(18-9-5-2-6-10-18)32-25(31-23)19-11-12-21-22(13-19)30-26(29-21)20-14-27-16-28-15-20/h1-13,25,27-28H,14-16H2. The van der Waals surface area contributed by atoms with Crippen LogP contribution in [0.5, 0.6) is 0 Å². The Kier molecular flexibility index (Phi) is 6.16. The Morgan fingerprint density at radius 1 is 0.656 bits per heavy atom. The Balaban J connectivity index is 1.30. The van der Waals surface area contributed by atoms with Crippen LogP contribution in [0.2, 0.25) is 0 Å². The van der Waals surface area contributed by atoms with Gasteiger partial charge >= 0.3 is 0 Å². The highest BCUT2D eigenvalue weighted by Gasteiger charge is 2.30. The van der Waals surface area contributed by atoms with Crippen molar-refractivity contribution in [3.63, 3.8) is 0 Å². The van der Waals surface area contributed by atoms with Gasteiger partial charge in [0, 0.05) is 39.4 Å². The lowest BCUT2D eigenvalue weighted by atomic mass is 10.1. The number of rotatable bonds is 3. The molecule has 0 saturated carbocycles. The zero-order chi connectivity index (χ0) is 21.3. The lowest BCUT2D eigenvalue weighted by Crippen LogP contribution is -2.39. The molecule has 0 bridgehead atoms. The highest BCUT2D eigenvalue weighted by molar-refractivity contribution is 8.29. The number of thioether (sulfide) groups is 4. The van der Waals surface area contributed by atoms with Crippen molar-refractivity contribution in [2.75, 3.05) is 19.8 Å². The van der Waals surface area contributed by atoms with E-state index in [0.29, 0.717) is 4.58 Å². The topological polar surface area (TPSA) is 24.1 Å². The highest BCUT2D eigenvalue weighted by atomic mass is 32.2. The molecule has 0 unspecified atom stereocenters. The van der Waals surface area contributed by atoms with E-state index in [1.54, 1.807) is 0 Å². The van der Waals surface area contributed by atoms with Gasteiger partial charge in [0.1, 0.15) is 0 Å². The predicted octanol–water partition coefficient (Wildman–Crippen LogP) is 7.25. The fourth-order valence-electron chi connectivity index (χ4n) is 3.98. The smallest absolute Gasteiger partial charge is 0.0847 e. The summed E-state index contributed by atoms with van der Waals surface area (Å²) in [6, 6.07) is 28.7. The van der Waals surface area contributed by atoms with Crippen molar-refractivity contribution in [1.82, 2.24) is 10.6 Å². The minimum atomic E-state index is 0.367. The average Bonchev–Trinajstić information content (AvgIpc) is 3.50. The second kappa shape index (κ2) is 9.37. The Hall–Kier alpha value is -1.54. The SMILES string of the molecule is c1ccc(C2=C(c3ccccc3)SC(c3ccc4c(c3)SC(=C3CNCNC3)S4)S2)cc1. The molecule has 1 saturated heterocycles. The molecule has 0 amide bonds.